The maximum Gasteiger partial charge on any atom is 0.305 e. The van der Waals surface area contributed by atoms with Gasteiger partial charge in [0.25, 0.3) is 0 Å². The molecular weight excluding hydrogens is 252 g/mol. The van der Waals surface area contributed by atoms with Crippen molar-refractivity contribution in [3.63, 3.8) is 0 Å². The van der Waals surface area contributed by atoms with Gasteiger partial charge in [-0.25, -0.2) is 0 Å². The number of amides is 1. The first kappa shape index (κ1) is 17.2. The van der Waals surface area contributed by atoms with E-state index < -0.39 is 0 Å². The summed E-state index contributed by atoms with van der Waals surface area (Å²) in [5.41, 5.74) is 5.43. The Morgan fingerprint density at radius 2 is 2.17 bits per heavy atom. The van der Waals surface area contributed by atoms with E-state index in [9.17, 15) is 9.59 Å². The van der Waals surface area contributed by atoms with Crippen molar-refractivity contribution >= 4 is 23.6 Å². The predicted octanol–water partition coefficient (Wildman–Crippen LogP) is 0.916. The lowest BCUT2D eigenvalue weighted by atomic mass is 10.3. The molecule has 1 amide bonds. The van der Waals surface area contributed by atoms with Gasteiger partial charge in [-0.05, 0) is 26.3 Å². The van der Waals surface area contributed by atoms with Gasteiger partial charge in [0.15, 0.2) is 0 Å². The van der Waals surface area contributed by atoms with Crippen LogP contribution in [-0.2, 0) is 14.3 Å². The molecule has 0 fully saturated rings. The Bertz CT molecular complexity index is 249. The number of thioether (sulfide) groups is 1. The van der Waals surface area contributed by atoms with Gasteiger partial charge in [0.1, 0.15) is 0 Å². The lowest BCUT2D eigenvalue weighted by molar-refractivity contribution is -0.143. The Balaban J connectivity index is 3.45. The first-order chi connectivity index (χ1) is 8.60. The average molecular weight is 276 g/mol. The minimum absolute atomic E-state index is 0.00716. The molecule has 0 aromatic rings. The minimum atomic E-state index is -0.210. The molecule has 1 unspecified atom stereocenters. The average Bonchev–Trinajstić information content (AvgIpc) is 2.33. The maximum absolute atomic E-state index is 11.4. The molecule has 0 aromatic heterocycles. The predicted molar refractivity (Wildman–Crippen MR) is 74.5 cm³/mol. The first-order valence-electron chi connectivity index (χ1n) is 6.34. The summed E-state index contributed by atoms with van der Waals surface area (Å²) >= 11 is 1.60. The topological polar surface area (TPSA) is 81.4 Å². The number of nitrogens with two attached hydrogens (primary N) is 1. The maximum atomic E-state index is 11.4. The van der Waals surface area contributed by atoms with Gasteiger partial charge in [-0.1, -0.05) is 6.92 Å². The minimum Gasteiger partial charge on any atom is -0.466 e. The molecule has 0 heterocycles. The van der Waals surface area contributed by atoms with Crippen molar-refractivity contribution in [1.82, 2.24) is 5.32 Å². The van der Waals surface area contributed by atoms with Gasteiger partial charge < -0.3 is 15.8 Å². The Hall–Kier alpha value is -0.750. The zero-order valence-electron chi connectivity index (χ0n) is 11.2. The van der Waals surface area contributed by atoms with Gasteiger partial charge in [0, 0.05) is 18.2 Å². The van der Waals surface area contributed by atoms with Crippen LogP contribution in [0.15, 0.2) is 0 Å². The van der Waals surface area contributed by atoms with Gasteiger partial charge in [-0.15, -0.1) is 11.8 Å². The highest BCUT2D eigenvalue weighted by Gasteiger charge is 2.06. The number of carbonyl (C=O) groups is 2. The zero-order valence-corrected chi connectivity index (χ0v) is 12.1. The number of rotatable bonds is 10. The van der Waals surface area contributed by atoms with Gasteiger partial charge in [0.05, 0.1) is 12.4 Å². The molecule has 0 aliphatic carbocycles. The molecule has 0 bridgehead atoms. The van der Waals surface area contributed by atoms with Crippen LogP contribution in [0.2, 0.25) is 0 Å². The third kappa shape index (κ3) is 10.4. The third-order valence-electron chi connectivity index (χ3n) is 2.26. The molecule has 5 nitrogen and oxygen atoms in total. The van der Waals surface area contributed by atoms with Crippen molar-refractivity contribution < 1.29 is 14.3 Å². The summed E-state index contributed by atoms with van der Waals surface area (Å²) in [7, 11) is 0. The SMILES string of the molecule is CCOC(=O)CCCNC(=O)CSC(C)CCN. The smallest absolute Gasteiger partial charge is 0.305 e. The summed E-state index contributed by atoms with van der Waals surface area (Å²) in [6.07, 6.45) is 1.89. The largest absolute Gasteiger partial charge is 0.466 e. The van der Waals surface area contributed by atoms with Crippen molar-refractivity contribution in [3.8, 4) is 0 Å². The van der Waals surface area contributed by atoms with Crippen molar-refractivity contribution in [1.29, 1.82) is 0 Å². The monoisotopic (exact) mass is 276 g/mol. The normalized spacial score (nSPS) is 11.9. The molecular formula is C12H24N2O3S. The van der Waals surface area contributed by atoms with Gasteiger partial charge >= 0.3 is 5.97 Å². The van der Waals surface area contributed by atoms with Crippen molar-refractivity contribution in [3.05, 3.63) is 0 Å². The van der Waals surface area contributed by atoms with E-state index >= 15 is 0 Å². The van der Waals surface area contributed by atoms with Crippen LogP contribution in [0.5, 0.6) is 0 Å². The molecule has 0 spiro atoms. The molecule has 0 aliphatic heterocycles. The second kappa shape index (κ2) is 11.3. The number of carbonyl (C=O) groups excluding carboxylic acids is 2. The van der Waals surface area contributed by atoms with E-state index in [1.165, 1.54) is 0 Å². The summed E-state index contributed by atoms with van der Waals surface area (Å²) < 4.78 is 4.79. The standard InChI is InChI=1S/C12H24N2O3S/c1-3-17-12(16)5-4-8-14-11(15)9-18-10(2)6-7-13/h10H,3-9,13H2,1-2H3,(H,14,15). The molecule has 3 N–H and O–H groups in total. The molecule has 106 valence electrons. The summed E-state index contributed by atoms with van der Waals surface area (Å²) in [5.74, 6) is 0.242. The van der Waals surface area contributed by atoms with E-state index in [1.54, 1.807) is 18.7 Å². The molecule has 18 heavy (non-hydrogen) atoms. The van der Waals surface area contributed by atoms with E-state index in [0.29, 0.717) is 43.5 Å². The summed E-state index contributed by atoms with van der Waals surface area (Å²) in [6, 6.07) is 0. The highest BCUT2D eigenvalue weighted by Crippen LogP contribution is 2.12. The van der Waals surface area contributed by atoms with Crippen LogP contribution in [0.4, 0.5) is 0 Å². The molecule has 0 aromatic carbocycles. The van der Waals surface area contributed by atoms with Crippen LogP contribution in [0.3, 0.4) is 0 Å². The van der Waals surface area contributed by atoms with Crippen molar-refractivity contribution in [2.75, 3.05) is 25.4 Å². The number of hydrogen-bond acceptors (Lipinski definition) is 5. The molecule has 0 aliphatic rings. The van der Waals surface area contributed by atoms with Crippen LogP contribution >= 0.6 is 11.8 Å². The molecule has 0 saturated heterocycles. The van der Waals surface area contributed by atoms with Gasteiger partial charge in [-0.3, -0.25) is 9.59 Å². The van der Waals surface area contributed by atoms with E-state index in [0.717, 1.165) is 6.42 Å². The molecule has 0 rings (SSSR count). The highest BCUT2D eigenvalue weighted by atomic mass is 32.2. The van der Waals surface area contributed by atoms with Crippen LogP contribution in [-0.4, -0.2) is 42.6 Å². The van der Waals surface area contributed by atoms with Crippen LogP contribution in [0.1, 0.15) is 33.1 Å². The molecule has 6 heteroatoms. The summed E-state index contributed by atoms with van der Waals surface area (Å²) in [6.45, 7) is 5.41. The second-order valence-corrected chi connectivity index (χ2v) is 5.38. The van der Waals surface area contributed by atoms with Crippen LogP contribution in [0, 0.1) is 0 Å². The lowest BCUT2D eigenvalue weighted by Crippen LogP contribution is -2.27. The fraction of sp³-hybridized carbons (Fsp3) is 0.833. The molecule has 1 atom stereocenters. The van der Waals surface area contributed by atoms with E-state index in [4.69, 9.17) is 10.5 Å². The number of esters is 1. The lowest BCUT2D eigenvalue weighted by Gasteiger charge is -2.09. The molecule has 0 radical (unpaired) electrons. The second-order valence-electron chi connectivity index (χ2n) is 3.96. The summed E-state index contributed by atoms with van der Waals surface area (Å²) in [5, 5.41) is 3.18. The zero-order chi connectivity index (χ0) is 13.8. The number of ether oxygens (including phenoxy) is 1. The van der Waals surface area contributed by atoms with E-state index in [-0.39, 0.29) is 11.9 Å². The van der Waals surface area contributed by atoms with E-state index in [2.05, 4.69) is 12.2 Å². The quantitative estimate of drug-likeness (QED) is 0.458. The van der Waals surface area contributed by atoms with Crippen LogP contribution in [0.25, 0.3) is 0 Å². The highest BCUT2D eigenvalue weighted by molar-refractivity contribution is 8.00. The van der Waals surface area contributed by atoms with Crippen molar-refractivity contribution in [2.45, 2.75) is 38.4 Å². The summed E-state index contributed by atoms with van der Waals surface area (Å²) in [4.78, 5) is 22.5. The Kier molecular flexibility index (Phi) is 10.9. The Morgan fingerprint density at radius 3 is 2.78 bits per heavy atom. The van der Waals surface area contributed by atoms with Crippen molar-refractivity contribution in [2.24, 2.45) is 5.73 Å². The number of nitrogens with one attached hydrogen (secondary N) is 1. The van der Waals surface area contributed by atoms with Gasteiger partial charge in [-0.2, -0.15) is 0 Å². The molecule has 0 saturated carbocycles. The Labute approximate surface area is 113 Å². The number of hydrogen-bond donors (Lipinski definition) is 2. The Morgan fingerprint density at radius 1 is 1.44 bits per heavy atom. The van der Waals surface area contributed by atoms with Gasteiger partial charge in [0.2, 0.25) is 5.91 Å². The third-order valence-corrected chi connectivity index (χ3v) is 3.49. The fourth-order valence-electron chi connectivity index (χ4n) is 1.28. The van der Waals surface area contributed by atoms with Crippen LogP contribution < -0.4 is 11.1 Å². The van der Waals surface area contributed by atoms with E-state index in [1.807, 2.05) is 0 Å². The fourth-order valence-corrected chi connectivity index (χ4v) is 2.12. The first-order valence-corrected chi connectivity index (χ1v) is 7.39.